The van der Waals surface area contributed by atoms with Gasteiger partial charge in [0.25, 0.3) is 0 Å². The van der Waals surface area contributed by atoms with Crippen LogP contribution in [0.4, 0.5) is 0 Å². The standard InChI is InChI=1S/C17H19N3O2S/c1-4-11(2)19-16(21)10-23-17-13(9-18)7-12-8-14(22-3)5-6-15(12)20-17/h5-8,11H,4,10H2,1-3H3,(H,19,21). The average molecular weight is 329 g/mol. The van der Waals surface area contributed by atoms with Crippen LogP contribution in [0.15, 0.2) is 29.3 Å². The first kappa shape index (κ1) is 17.1. The van der Waals surface area contributed by atoms with E-state index in [4.69, 9.17) is 4.74 Å². The largest absolute Gasteiger partial charge is 0.497 e. The molecule has 0 aliphatic carbocycles. The number of ether oxygens (including phenoxy) is 1. The first-order chi connectivity index (χ1) is 11.1. The van der Waals surface area contributed by atoms with Crippen molar-refractivity contribution in [1.82, 2.24) is 10.3 Å². The maximum Gasteiger partial charge on any atom is 0.230 e. The molecule has 120 valence electrons. The number of rotatable bonds is 6. The average Bonchev–Trinajstić information content (AvgIpc) is 2.58. The molecule has 1 aromatic carbocycles. The summed E-state index contributed by atoms with van der Waals surface area (Å²) in [6.07, 6.45) is 0.885. The summed E-state index contributed by atoms with van der Waals surface area (Å²) in [6.45, 7) is 3.98. The van der Waals surface area contributed by atoms with E-state index in [2.05, 4.69) is 16.4 Å². The lowest BCUT2D eigenvalue weighted by Crippen LogP contribution is -2.33. The fraction of sp³-hybridized carbons (Fsp3) is 0.353. The van der Waals surface area contributed by atoms with Gasteiger partial charge < -0.3 is 10.1 Å². The van der Waals surface area contributed by atoms with Gasteiger partial charge in [-0.15, -0.1) is 0 Å². The Morgan fingerprint density at radius 3 is 2.91 bits per heavy atom. The molecule has 0 radical (unpaired) electrons. The van der Waals surface area contributed by atoms with Crippen molar-refractivity contribution in [3.8, 4) is 11.8 Å². The van der Waals surface area contributed by atoms with Gasteiger partial charge in [0.15, 0.2) is 0 Å². The Morgan fingerprint density at radius 1 is 1.48 bits per heavy atom. The second kappa shape index (κ2) is 7.84. The Balaban J connectivity index is 2.20. The van der Waals surface area contributed by atoms with Gasteiger partial charge in [0.05, 0.1) is 23.9 Å². The van der Waals surface area contributed by atoms with Crippen molar-refractivity contribution in [1.29, 1.82) is 5.26 Å². The van der Waals surface area contributed by atoms with Gasteiger partial charge in [-0.1, -0.05) is 18.7 Å². The van der Waals surface area contributed by atoms with E-state index in [0.29, 0.717) is 10.6 Å². The van der Waals surface area contributed by atoms with Gasteiger partial charge in [-0.25, -0.2) is 4.98 Å². The van der Waals surface area contributed by atoms with E-state index >= 15 is 0 Å². The number of methoxy groups -OCH3 is 1. The smallest absolute Gasteiger partial charge is 0.230 e. The van der Waals surface area contributed by atoms with E-state index in [0.717, 1.165) is 23.1 Å². The third-order valence-corrected chi connectivity index (χ3v) is 4.46. The van der Waals surface area contributed by atoms with E-state index in [1.165, 1.54) is 11.8 Å². The normalized spacial score (nSPS) is 11.7. The van der Waals surface area contributed by atoms with Gasteiger partial charge >= 0.3 is 0 Å². The zero-order valence-corrected chi connectivity index (χ0v) is 14.2. The third-order valence-electron chi connectivity index (χ3n) is 3.47. The van der Waals surface area contributed by atoms with Crippen LogP contribution < -0.4 is 10.1 Å². The fourth-order valence-corrected chi connectivity index (χ4v) is 2.78. The number of fused-ring (bicyclic) bond motifs is 1. The van der Waals surface area contributed by atoms with Crippen LogP contribution in [0.5, 0.6) is 5.75 Å². The Labute approximate surface area is 140 Å². The van der Waals surface area contributed by atoms with Crippen molar-refractivity contribution in [3.63, 3.8) is 0 Å². The molecule has 23 heavy (non-hydrogen) atoms. The van der Waals surface area contributed by atoms with Crippen molar-refractivity contribution in [2.75, 3.05) is 12.9 Å². The first-order valence-electron chi connectivity index (χ1n) is 7.38. The lowest BCUT2D eigenvalue weighted by Gasteiger charge is -2.11. The molecular weight excluding hydrogens is 310 g/mol. The van der Waals surface area contributed by atoms with Crippen molar-refractivity contribution in [3.05, 3.63) is 29.8 Å². The highest BCUT2D eigenvalue weighted by molar-refractivity contribution is 8.00. The molecule has 1 aromatic heterocycles. The predicted molar refractivity (Wildman–Crippen MR) is 91.6 cm³/mol. The number of nitriles is 1. The second-order valence-electron chi connectivity index (χ2n) is 5.18. The molecule has 0 bridgehead atoms. The Hall–Kier alpha value is -2.26. The summed E-state index contributed by atoms with van der Waals surface area (Å²) in [7, 11) is 1.60. The minimum atomic E-state index is -0.0510. The summed E-state index contributed by atoms with van der Waals surface area (Å²) < 4.78 is 5.18. The van der Waals surface area contributed by atoms with E-state index in [1.54, 1.807) is 13.2 Å². The van der Waals surface area contributed by atoms with Crippen LogP contribution in [0.2, 0.25) is 0 Å². The van der Waals surface area contributed by atoms with Crippen LogP contribution >= 0.6 is 11.8 Å². The lowest BCUT2D eigenvalue weighted by atomic mass is 10.1. The van der Waals surface area contributed by atoms with Crippen LogP contribution in [0.3, 0.4) is 0 Å². The molecule has 0 saturated heterocycles. The van der Waals surface area contributed by atoms with Gasteiger partial charge in [-0.2, -0.15) is 5.26 Å². The number of hydrogen-bond donors (Lipinski definition) is 1. The van der Waals surface area contributed by atoms with Crippen LogP contribution in [0, 0.1) is 11.3 Å². The summed E-state index contributed by atoms with van der Waals surface area (Å²) in [5.74, 6) is 0.912. The van der Waals surface area contributed by atoms with E-state index in [-0.39, 0.29) is 17.7 Å². The summed E-state index contributed by atoms with van der Waals surface area (Å²) in [4.78, 5) is 16.4. The highest BCUT2D eigenvalue weighted by Gasteiger charge is 2.12. The molecule has 0 aliphatic heterocycles. The molecule has 0 fully saturated rings. The number of carbonyl (C=O) groups excluding carboxylic acids is 1. The lowest BCUT2D eigenvalue weighted by molar-refractivity contribution is -0.119. The minimum absolute atomic E-state index is 0.0510. The molecule has 1 heterocycles. The Kier molecular flexibility index (Phi) is 5.83. The van der Waals surface area contributed by atoms with Crippen LogP contribution in [-0.2, 0) is 4.79 Å². The third kappa shape index (κ3) is 4.36. The van der Waals surface area contributed by atoms with E-state index in [9.17, 15) is 10.1 Å². The molecule has 0 spiro atoms. The van der Waals surface area contributed by atoms with Crippen molar-refractivity contribution in [2.45, 2.75) is 31.3 Å². The molecule has 0 aliphatic rings. The van der Waals surface area contributed by atoms with Gasteiger partial charge in [-0.3, -0.25) is 4.79 Å². The second-order valence-corrected chi connectivity index (χ2v) is 6.14. The van der Waals surface area contributed by atoms with E-state index in [1.807, 2.05) is 32.0 Å². The number of nitrogens with one attached hydrogen (secondary N) is 1. The van der Waals surface area contributed by atoms with Crippen LogP contribution in [-0.4, -0.2) is 29.8 Å². The summed E-state index contributed by atoms with van der Waals surface area (Å²) in [5, 5.41) is 13.6. The van der Waals surface area contributed by atoms with E-state index < -0.39 is 0 Å². The Bertz CT molecular complexity index is 755. The van der Waals surface area contributed by atoms with Gasteiger partial charge in [0, 0.05) is 11.4 Å². The number of pyridine rings is 1. The van der Waals surface area contributed by atoms with Crippen LogP contribution in [0.1, 0.15) is 25.8 Å². The molecular formula is C17H19N3O2S. The number of benzene rings is 1. The molecule has 2 rings (SSSR count). The van der Waals surface area contributed by atoms with Crippen LogP contribution in [0.25, 0.3) is 10.9 Å². The molecule has 1 amide bonds. The quantitative estimate of drug-likeness (QED) is 0.824. The highest BCUT2D eigenvalue weighted by Crippen LogP contribution is 2.26. The summed E-state index contributed by atoms with van der Waals surface area (Å²) in [5.41, 5.74) is 1.24. The monoisotopic (exact) mass is 329 g/mol. The van der Waals surface area contributed by atoms with Gasteiger partial charge in [0.1, 0.15) is 16.8 Å². The number of thioether (sulfide) groups is 1. The number of nitrogens with zero attached hydrogens (tertiary/aromatic N) is 2. The summed E-state index contributed by atoms with van der Waals surface area (Å²) >= 11 is 1.28. The number of aromatic nitrogens is 1. The zero-order chi connectivity index (χ0) is 16.8. The minimum Gasteiger partial charge on any atom is -0.497 e. The number of carbonyl (C=O) groups is 1. The SMILES string of the molecule is CCC(C)NC(=O)CSc1nc2ccc(OC)cc2cc1C#N. The predicted octanol–water partition coefficient (Wildman–Crippen LogP) is 3.12. The van der Waals surface area contributed by atoms with Crippen molar-refractivity contribution >= 4 is 28.6 Å². The molecule has 1 N–H and O–H groups in total. The molecule has 1 unspecified atom stereocenters. The first-order valence-corrected chi connectivity index (χ1v) is 8.37. The highest BCUT2D eigenvalue weighted by atomic mass is 32.2. The maximum absolute atomic E-state index is 11.9. The molecule has 2 aromatic rings. The van der Waals surface area contributed by atoms with Crippen molar-refractivity contribution < 1.29 is 9.53 Å². The summed E-state index contributed by atoms with van der Waals surface area (Å²) in [6, 6.07) is 9.58. The maximum atomic E-state index is 11.9. The molecule has 1 atom stereocenters. The topological polar surface area (TPSA) is 75.0 Å². The number of hydrogen-bond acceptors (Lipinski definition) is 5. The number of amides is 1. The molecule has 5 nitrogen and oxygen atoms in total. The zero-order valence-electron chi connectivity index (χ0n) is 13.4. The van der Waals surface area contributed by atoms with Gasteiger partial charge in [-0.05, 0) is 37.6 Å². The molecule has 0 saturated carbocycles. The van der Waals surface area contributed by atoms with Crippen molar-refractivity contribution in [2.24, 2.45) is 0 Å². The van der Waals surface area contributed by atoms with Gasteiger partial charge in [0.2, 0.25) is 5.91 Å². The Morgan fingerprint density at radius 2 is 2.26 bits per heavy atom. The molecule has 6 heteroatoms. The fourth-order valence-electron chi connectivity index (χ4n) is 2.01.